The number of carbonyl (C=O) groups excluding carboxylic acids is 3. The van der Waals surface area contributed by atoms with Crippen molar-refractivity contribution in [3.8, 4) is 5.88 Å². The van der Waals surface area contributed by atoms with Crippen LogP contribution >= 0.6 is 0 Å². The van der Waals surface area contributed by atoms with Gasteiger partial charge in [-0.05, 0) is 41.6 Å². The number of methoxy groups -OCH3 is 1. The van der Waals surface area contributed by atoms with Gasteiger partial charge in [-0.2, -0.15) is 84.0 Å². The number of hydrogen-bond acceptors (Lipinski definition) is 10. The minimum absolute atomic E-state index is 0. The van der Waals surface area contributed by atoms with E-state index in [2.05, 4.69) is 4.98 Å². The number of ether oxygens (including phenoxy) is 1. The first-order chi connectivity index (χ1) is 25.4. The Kier molecular flexibility index (Phi) is 20.8. The first kappa shape index (κ1) is 59.0. The molecule has 0 aromatic carbocycles. The van der Waals surface area contributed by atoms with E-state index in [9.17, 15) is 119 Å². The van der Waals surface area contributed by atoms with Gasteiger partial charge in [0.1, 0.15) is 4.76 Å². The first-order valence-electron chi connectivity index (χ1n) is 13.9. The van der Waals surface area contributed by atoms with Gasteiger partial charge in [0.2, 0.25) is 17.1 Å². The summed E-state index contributed by atoms with van der Waals surface area (Å²) in [6.45, 7) is 6.99. The predicted molar refractivity (Wildman–Crippen MR) is 146 cm³/mol. The van der Waals surface area contributed by atoms with Crippen LogP contribution in [0.1, 0.15) is 33.4 Å². The predicted octanol–water partition coefficient (Wildman–Crippen LogP) is 4.47. The van der Waals surface area contributed by atoms with E-state index in [1.165, 1.54) is 7.11 Å². The maximum Gasteiger partial charge on any atom is 0.523 e. The molecule has 339 valence electrons. The van der Waals surface area contributed by atoms with Gasteiger partial charge >= 0.3 is 42.9 Å². The second-order valence-electron chi connectivity index (χ2n) is 11.2. The number of aromatic nitrogens is 1. The molecule has 1 aromatic rings. The summed E-state index contributed by atoms with van der Waals surface area (Å²) < 4.78 is 210. The van der Waals surface area contributed by atoms with Gasteiger partial charge in [-0.25, -0.2) is 0 Å². The molecule has 2 heterocycles. The Labute approximate surface area is 347 Å². The average molecular weight is 1040 g/mol. The molecular weight excluding hydrogens is 1020 g/mol. The Morgan fingerprint density at radius 2 is 0.881 bits per heavy atom. The minimum atomic E-state index is -5.46. The number of carbonyl (C=O) groups is 3. The summed E-state index contributed by atoms with van der Waals surface area (Å²) in [5.41, 5.74) is -1.35. The molecule has 1 aliphatic rings. The Morgan fingerprint density at radius 1 is 0.593 bits per heavy atom. The van der Waals surface area contributed by atoms with Gasteiger partial charge in [0.05, 0.1) is 7.11 Å². The topological polar surface area (TPSA) is 189 Å². The number of allylic oxidation sites excluding steroid dienone is 6. The van der Waals surface area contributed by atoms with Crippen molar-refractivity contribution in [3.05, 3.63) is 69.5 Å². The number of hydroxylamine groups is 1. The second-order valence-corrected chi connectivity index (χ2v) is 11.2. The molecule has 0 N–H and O–H groups in total. The molecule has 0 saturated carbocycles. The molecule has 0 aliphatic carbocycles. The zero-order chi connectivity index (χ0) is 47.0. The van der Waals surface area contributed by atoms with Crippen molar-refractivity contribution < 1.29 is 162 Å². The van der Waals surface area contributed by atoms with Crippen LogP contribution in [0.4, 0.5) is 79.0 Å². The number of halogens is 18. The van der Waals surface area contributed by atoms with E-state index < -0.39 is 101 Å². The molecule has 0 fully saturated rings. The second kappa shape index (κ2) is 20.8. The summed E-state index contributed by atoms with van der Waals surface area (Å²) in [6, 6.07) is 5.00. The molecule has 0 bridgehead atoms. The molecule has 1 aliphatic heterocycles. The molecule has 12 nitrogen and oxygen atoms in total. The van der Waals surface area contributed by atoms with E-state index >= 15 is 0 Å². The van der Waals surface area contributed by atoms with Crippen LogP contribution < -0.4 is 20.1 Å². The third kappa shape index (κ3) is 18.2. The van der Waals surface area contributed by atoms with Crippen molar-refractivity contribution in [2.45, 2.75) is 75.8 Å². The molecule has 0 atom stereocenters. The van der Waals surface area contributed by atoms with Gasteiger partial charge < -0.3 is 25.3 Å². The summed E-state index contributed by atoms with van der Waals surface area (Å²) in [5, 5.41) is 41.9. The zero-order valence-corrected chi connectivity index (χ0v) is 31.3. The number of amidine groups is 1. The number of ketones is 3. The smallest absolute Gasteiger partial charge is 0.523 e. The van der Waals surface area contributed by atoms with Crippen LogP contribution in [-0.2, 0) is 14.4 Å². The van der Waals surface area contributed by atoms with Gasteiger partial charge in [-0.1, -0.05) is 6.07 Å². The molecule has 59 heavy (non-hydrogen) atoms. The number of hydrogen-bond donors (Lipinski definition) is 0. The summed E-state index contributed by atoms with van der Waals surface area (Å²) in [5.74, 6) is -16.6. The van der Waals surface area contributed by atoms with Gasteiger partial charge in [-0.15, -0.1) is 4.74 Å². The maximum absolute atomic E-state index is 12.4. The van der Waals surface area contributed by atoms with Crippen molar-refractivity contribution in [1.82, 2.24) is 4.98 Å². The van der Waals surface area contributed by atoms with Crippen molar-refractivity contribution in [1.29, 1.82) is 0 Å². The standard InChI is InChI=1S/C13H18N3O3.3C5H2F6O2.Tb/c1-12(2)13(3,4)16(18)11(15(12)17)9-7-6-8-10(14-9)19-5;3*6-4(7,8)2(12)1-3(13)5(9,10)11;/h6-8H,1-5H3;3*1,12H;/q+1;;;;/p-3/b;3*2-1-;. The molecule has 0 saturated heterocycles. The third-order valence-corrected chi connectivity index (χ3v) is 6.52. The Morgan fingerprint density at radius 3 is 1.08 bits per heavy atom. The molecular formula is C28H21F18N3O9Tb-2. The zero-order valence-electron chi connectivity index (χ0n) is 29.1. The van der Waals surface area contributed by atoms with Crippen LogP contribution in [0.3, 0.4) is 0 Å². The quantitative estimate of drug-likeness (QED) is 0.134. The van der Waals surface area contributed by atoms with Crippen LogP contribution in [0.2, 0.25) is 0 Å². The summed E-state index contributed by atoms with van der Waals surface area (Å²) >= 11 is 0. The van der Waals surface area contributed by atoms with Crippen LogP contribution in [0.25, 0.3) is 0 Å². The van der Waals surface area contributed by atoms with Crippen molar-refractivity contribution in [2.24, 2.45) is 0 Å². The van der Waals surface area contributed by atoms with E-state index in [-0.39, 0.29) is 44.4 Å². The number of pyridine rings is 1. The van der Waals surface area contributed by atoms with Crippen molar-refractivity contribution >= 4 is 23.2 Å². The maximum atomic E-state index is 12.4. The number of alkyl halides is 18. The summed E-state index contributed by atoms with van der Waals surface area (Å²) in [6.07, 6.45) is -35.8. The fourth-order valence-electron chi connectivity index (χ4n) is 2.82. The van der Waals surface area contributed by atoms with E-state index in [0.29, 0.717) is 11.6 Å². The van der Waals surface area contributed by atoms with E-state index in [1.54, 1.807) is 45.9 Å². The Bertz CT molecular complexity index is 1680. The largest absolute Gasteiger partial charge is 0.869 e. The molecule has 1 radical (unpaired) electrons. The number of rotatable bonds is 5. The molecule has 0 spiro atoms. The van der Waals surface area contributed by atoms with E-state index in [4.69, 9.17) is 4.74 Å². The Balaban J connectivity index is -0.000000718. The summed E-state index contributed by atoms with van der Waals surface area (Å²) in [7, 11) is 1.49. The first-order valence-corrected chi connectivity index (χ1v) is 13.9. The third-order valence-electron chi connectivity index (χ3n) is 6.52. The Hall–Kier alpha value is -4.32. The molecule has 1 aromatic heterocycles. The molecule has 31 heteroatoms. The van der Waals surface area contributed by atoms with E-state index in [0.717, 1.165) is 9.50 Å². The average Bonchev–Trinajstić information content (AvgIpc) is 3.14. The fraction of sp³-hybridized carbons (Fsp3) is 0.464. The van der Waals surface area contributed by atoms with Crippen LogP contribution in [0.5, 0.6) is 5.88 Å². The molecule has 2 rings (SSSR count). The van der Waals surface area contributed by atoms with Gasteiger partial charge in [0.25, 0.3) is 22.9 Å². The number of nitroso groups, excluding NO2 is 1. The van der Waals surface area contributed by atoms with Gasteiger partial charge in [0, 0.05) is 77.3 Å². The SMILES string of the molecule is COc1cccc(C2=[N+]([O-])C(C)(C)C(C)(C)[N+]2=O)n1.O=C(/C=C(\[O-])C(F)(F)F)C(F)(F)F.O=C(/C=C(\[O-])C(F)(F)F)C(F)(F)F.O=C(/C=C(\[O-])C(F)(F)F)C(F)(F)F.[Tb]. The summed E-state index contributed by atoms with van der Waals surface area (Å²) in [4.78, 5) is 46.0. The van der Waals surface area contributed by atoms with Gasteiger partial charge in [-0.3, -0.25) is 14.4 Å². The fourth-order valence-corrected chi connectivity index (χ4v) is 2.82. The molecule has 0 unspecified atom stereocenters. The normalized spacial score (nSPS) is 16.3. The van der Waals surface area contributed by atoms with Crippen molar-refractivity contribution in [2.75, 3.05) is 7.11 Å². The molecule has 0 amide bonds. The number of nitrogens with zero attached hydrogens (tertiary/aromatic N) is 3. The van der Waals surface area contributed by atoms with Gasteiger partial charge in [0.15, 0.2) is 0 Å². The van der Waals surface area contributed by atoms with Crippen LogP contribution in [0, 0.1) is 48.7 Å². The van der Waals surface area contributed by atoms with Crippen molar-refractivity contribution in [3.63, 3.8) is 0 Å². The minimum Gasteiger partial charge on any atom is -0.869 e. The van der Waals surface area contributed by atoms with Crippen LogP contribution in [0.15, 0.2) is 53.7 Å². The monoisotopic (exact) mass is 1040 g/mol. The van der Waals surface area contributed by atoms with Crippen LogP contribution in [-0.4, -0.2) is 92.9 Å². The van der Waals surface area contributed by atoms with E-state index in [1.807, 2.05) is 0 Å².